The molecule has 1 aliphatic heterocycles. The van der Waals surface area contributed by atoms with Gasteiger partial charge in [-0.25, -0.2) is 9.07 Å². The largest absolute Gasteiger partial charge is 0.335 e. The van der Waals surface area contributed by atoms with Crippen molar-refractivity contribution in [1.82, 2.24) is 19.6 Å². The molecule has 27 heavy (non-hydrogen) atoms. The minimum atomic E-state index is -0.269. The molecule has 0 radical (unpaired) electrons. The summed E-state index contributed by atoms with van der Waals surface area (Å²) in [5.74, 6) is -0.227. The van der Waals surface area contributed by atoms with Crippen LogP contribution in [0.2, 0.25) is 0 Å². The van der Waals surface area contributed by atoms with Gasteiger partial charge in [0.25, 0.3) is 0 Å². The van der Waals surface area contributed by atoms with Crippen LogP contribution in [0.1, 0.15) is 51.1 Å². The van der Waals surface area contributed by atoms with Gasteiger partial charge in [0.1, 0.15) is 5.82 Å². The first-order valence-corrected chi connectivity index (χ1v) is 9.75. The fourth-order valence-corrected chi connectivity index (χ4v) is 3.82. The highest BCUT2D eigenvalue weighted by Gasteiger charge is 2.27. The number of carbonyl (C=O) groups excluding carboxylic acids is 1. The second-order valence-corrected chi connectivity index (χ2v) is 7.53. The molecule has 1 aromatic carbocycles. The van der Waals surface area contributed by atoms with Gasteiger partial charge in [0.15, 0.2) is 0 Å². The number of fused-ring (bicyclic) bond motifs is 1. The van der Waals surface area contributed by atoms with Crippen molar-refractivity contribution in [1.29, 1.82) is 0 Å². The lowest BCUT2D eigenvalue weighted by atomic mass is 10.0. The van der Waals surface area contributed by atoms with Gasteiger partial charge in [0.2, 0.25) is 5.91 Å². The number of amides is 1. The van der Waals surface area contributed by atoms with Gasteiger partial charge in [-0.2, -0.15) is 5.10 Å². The van der Waals surface area contributed by atoms with E-state index < -0.39 is 0 Å². The molecule has 2 aromatic rings. The lowest BCUT2D eigenvalue weighted by Crippen LogP contribution is -2.36. The Morgan fingerprint density at radius 1 is 1.37 bits per heavy atom. The summed E-state index contributed by atoms with van der Waals surface area (Å²) in [7, 11) is 0. The third-order valence-corrected chi connectivity index (χ3v) is 5.16. The summed E-state index contributed by atoms with van der Waals surface area (Å²) in [6.07, 6.45) is 1.98. The maximum Gasteiger partial charge on any atom is 0.220 e. The van der Waals surface area contributed by atoms with E-state index in [0.717, 1.165) is 49.6 Å². The Labute approximate surface area is 160 Å². The van der Waals surface area contributed by atoms with Gasteiger partial charge in [-0.3, -0.25) is 9.69 Å². The Bertz CT molecular complexity index is 815. The first-order valence-electron chi connectivity index (χ1n) is 9.75. The van der Waals surface area contributed by atoms with Crippen LogP contribution in [-0.4, -0.2) is 44.6 Å². The second kappa shape index (κ2) is 8.21. The SMILES string of the molecule is CCCN1CCc2c(c(CN(C(C)=O)C(C)C)nn2-c2cccc(F)c2)C1. The van der Waals surface area contributed by atoms with Gasteiger partial charge in [0.05, 0.1) is 23.6 Å². The molecule has 2 heterocycles. The molecular weight excluding hydrogens is 343 g/mol. The maximum absolute atomic E-state index is 13.8. The van der Waals surface area contributed by atoms with Gasteiger partial charge in [-0.1, -0.05) is 13.0 Å². The number of nitrogens with zero attached hydrogens (tertiary/aromatic N) is 4. The summed E-state index contributed by atoms with van der Waals surface area (Å²) < 4.78 is 15.6. The summed E-state index contributed by atoms with van der Waals surface area (Å²) in [6.45, 7) is 11.1. The normalized spacial score (nSPS) is 14.4. The highest BCUT2D eigenvalue weighted by atomic mass is 19.1. The van der Waals surface area contributed by atoms with Crippen molar-refractivity contribution in [2.45, 2.75) is 59.7 Å². The molecule has 146 valence electrons. The van der Waals surface area contributed by atoms with E-state index in [1.54, 1.807) is 13.0 Å². The monoisotopic (exact) mass is 372 g/mol. The highest BCUT2D eigenvalue weighted by Crippen LogP contribution is 2.27. The summed E-state index contributed by atoms with van der Waals surface area (Å²) >= 11 is 0. The van der Waals surface area contributed by atoms with Crippen molar-refractivity contribution in [2.75, 3.05) is 13.1 Å². The zero-order valence-corrected chi connectivity index (χ0v) is 16.7. The van der Waals surface area contributed by atoms with Crippen LogP contribution in [0.3, 0.4) is 0 Å². The molecule has 0 saturated heterocycles. The quantitative estimate of drug-likeness (QED) is 0.779. The summed E-state index contributed by atoms with van der Waals surface area (Å²) in [4.78, 5) is 16.3. The van der Waals surface area contributed by atoms with E-state index in [4.69, 9.17) is 5.10 Å². The van der Waals surface area contributed by atoms with Gasteiger partial charge >= 0.3 is 0 Å². The number of hydrogen-bond acceptors (Lipinski definition) is 3. The van der Waals surface area contributed by atoms with Crippen LogP contribution in [-0.2, 0) is 24.3 Å². The fourth-order valence-electron chi connectivity index (χ4n) is 3.82. The van der Waals surface area contributed by atoms with E-state index in [1.165, 1.54) is 17.7 Å². The van der Waals surface area contributed by atoms with E-state index in [-0.39, 0.29) is 17.8 Å². The Morgan fingerprint density at radius 3 is 2.78 bits per heavy atom. The highest BCUT2D eigenvalue weighted by molar-refractivity contribution is 5.73. The topological polar surface area (TPSA) is 41.4 Å². The van der Waals surface area contributed by atoms with E-state index in [2.05, 4.69) is 11.8 Å². The van der Waals surface area contributed by atoms with E-state index in [9.17, 15) is 9.18 Å². The molecular formula is C21H29FN4O. The Hall–Kier alpha value is -2.21. The average molecular weight is 372 g/mol. The lowest BCUT2D eigenvalue weighted by Gasteiger charge is -2.29. The maximum atomic E-state index is 13.8. The van der Waals surface area contributed by atoms with Crippen molar-refractivity contribution in [3.05, 3.63) is 47.0 Å². The van der Waals surface area contributed by atoms with Crippen LogP contribution in [0, 0.1) is 5.82 Å². The van der Waals surface area contributed by atoms with Crippen molar-refractivity contribution < 1.29 is 9.18 Å². The van der Waals surface area contributed by atoms with E-state index >= 15 is 0 Å². The Kier molecular flexibility index (Phi) is 5.95. The average Bonchev–Trinajstić information content (AvgIpc) is 2.97. The third kappa shape index (κ3) is 4.21. The molecule has 0 saturated carbocycles. The molecule has 5 nitrogen and oxygen atoms in total. The van der Waals surface area contributed by atoms with Gasteiger partial charge in [0, 0.05) is 38.0 Å². The number of aromatic nitrogens is 2. The first-order chi connectivity index (χ1) is 12.9. The summed E-state index contributed by atoms with van der Waals surface area (Å²) in [6, 6.07) is 6.65. The number of carbonyl (C=O) groups is 1. The minimum absolute atomic E-state index is 0.0419. The number of halogens is 1. The molecule has 1 amide bonds. The standard InChI is InChI=1S/C21H29FN4O/c1-5-10-24-11-9-21-19(13-24)20(14-25(15(2)3)16(4)27)23-26(21)18-8-6-7-17(22)12-18/h6-8,12,15H,5,9-11,13-14H2,1-4H3. The molecule has 1 aliphatic rings. The Morgan fingerprint density at radius 2 is 2.15 bits per heavy atom. The number of rotatable bonds is 6. The third-order valence-electron chi connectivity index (χ3n) is 5.16. The van der Waals surface area contributed by atoms with Crippen LogP contribution < -0.4 is 0 Å². The van der Waals surface area contributed by atoms with Crippen LogP contribution >= 0.6 is 0 Å². The van der Waals surface area contributed by atoms with Gasteiger partial charge < -0.3 is 4.90 Å². The number of benzene rings is 1. The van der Waals surface area contributed by atoms with Crippen molar-refractivity contribution in [3.63, 3.8) is 0 Å². The van der Waals surface area contributed by atoms with Crippen molar-refractivity contribution in [2.24, 2.45) is 0 Å². The Balaban J connectivity index is 2.03. The zero-order valence-electron chi connectivity index (χ0n) is 16.7. The molecule has 0 aliphatic carbocycles. The molecule has 0 N–H and O–H groups in total. The van der Waals surface area contributed by atoms with Gasteiger partial charge in [-0.05, 0) is 45.0 Å². The molecule has 0 unspecified atom stereocenters. The van der Waals surface area contributed by atoms with Crippen LogP contribution in [0.25, 0.3) is 5.69 Å². The van der Waals surface area contributed by atoms with Crippen LogP contribution in [0.5, 0.6) is 0 Å². The van der Waals surface area contributed by atoms with E-state index in [1.807, 2.05) is 29.5 Å². The molecule has 3 rings (SSSR count). The molecule has 6 heteroatoms. The minimum Gasteiger partial charge on any atom is -0.335 e. The first kappa shape index (κ1) is 19.5. The van der Waals surface area contributed by atoms with Crippen LogP contribution in [0.15, 0.2) is 24.3 Å². The predicted octanol–water partition coefficient (Wildman–Crippen LogP) is 3.54. The smallest absolute Gasteiger partial charge is 0.220 e. The molecule has 0 atom stereocenters. The van der Waals surface area contributed by atoms with Crippen LogP contribution in [0.4, 0.5) is 4.39 Å². The second-order valence-electron chi connectivity index (χ2n) is 7.53. The molecule has 1 aromatic heterocycles. The molecule has 0 bridgehead atoms. The summed E-state index contributed by atoms with van der Waals surface area (Å²) in [5, 5.41) is 4.83. The lowest BCUT2D eigenvalue weighted by molar-refractivity contribution is -0.131. The van der Waals surface area contributed by atoms with Crippen molar-refractivity contribution in [3.8, 4) is 5.69 Å². The predicted molar refractivity (Wildman–Crippen MR) is 104 cm³/mol. The zero-order chi connectivity index (χ0) is 19.6. The number of hydrogen-bond donors (Lipinski definition) is 0. The van der Waals surface area contributed by atoms with Gasteiger partial charge in [-0.15, -0.1) is 0 Å². The molecule has 0 fully saturated rings. The fraction of sp³-hybridized carbons (Fsp3) is 0.524. The summed E-state index contributed by atoms with van der Waals surface area (Å²) in [5.41, 5.74) is 3.97. The molecule has 0 spiro atoms. The van der Waals surface area contributed by atoms with E-state index in [0.29, 0.717) is 6.54 Å². The van der Waals surface area contributed by atoms with Crippen molar-refractivity contribution >= 4 is 5.91 Å².